The second-order valence-corrected chi connectivity index (χ2v) is 4.14. The van der Waals surface area contributed by atoms with Crippen molar-refractivity contribution in [3.63, 3.8) is 0 Å². The third-order valence-corrected chi connectivity index (χ3v) is 2.36. The molecule has 2 rings (SSSR count). The first-order valence-electron chi connectivity index (χ1n) is 5.34. The molecule has 0 aliphatic rings. The minimum atomic E-state index is -0.216. The van der Waals surface area contributed by atoms with Gasteiger partial charge in [-0.15, -0.1) is 0 Å². The van der Waals surface area contributed by atoms with Gasteiger partial charge < -0.3 is 4.42 Å². The maximum Gasteiger partial charge on any atom is 0.196 e. The van der Waals surface area contributed by atoms with Crippen molar-refractivity contribution in [2.75, 3.05) is 0 Å². The Kier molecular flexibility index (Phi) is 3.04. The van der Waals surface area contributed by atoms with E-state index in [9.17, 15) is 4.39 Å². The van der Waals surface area contributed by atoms with E-state index >= 15 is 0 Å². The Morgan fingerprint density at radius 1 is 1.25 bits per heavy atom. The predicted octanol–water partition coefficient (Wildman–Crippen LogP) is 3.53. The molecular weight excluding hydrogens is 205 g/mol. The lowest BCUT2D eigenvalue weighted by molar-refractivity contribution is 0.470. The van der Waals surface area contributed by atoms with Crippen LogP contribution in [0.5, 0.6) is 0 Å². The van der Waals surface area contributed by atoms with Gasteiger partial charge in [-0.2, -0.15) is 0 Å². The van der Waals surface area contributed by atoms with Crippen LogP contribution in [0.1, 0.15) is 36.9 Å². The Morgan fingerprint density at radius 2 is 1.94 bits per heavy atom. The number of halogens is 1. The van der Waals surface area contributed by atoms with E-state index in [1.54, 1.807) is 18.4 Å². The summed E-state index contributed by atoms with van der Waals surface area (Å²) in [5.74, 6) is 0.825. The molecule has 1 aromatic heterocycles. The molecule has 0 amide bonds. The summed E-state index contributed by atoms with van der Waals surface area (Å²) in [5, 5.41) is 0. The van der Waals surface area contributed by atoms with E-state index in [1.165, 1.54) is 12.1 Å². The van der Waals surface area contributed by atoms with E-state index in [0.717, 1.165) is 17.1 Å². The van der Waals surface area contributed by atoms with Crippen LogP contribution in [0.15, 0.2) is 34.9 Å². The van der Waals surface area contributed by atoms with Crippen molar-refractivity contribution in [3.05, 3.63) is 53.5 Å². The fourth-order valence-electron chi connectivity index (χ4n) is 1.48. The van der Waals surface area contributed by atoms with Crippen LogP contribution in [-0.4, -0.2) is 4.98 Å². The van der Waals surface area contributed by atoms with E-state index in [0.29, 0.717) is 12.3 Å². The van der Waals surface area contributed by atoms with Crippen molar-refractivity contribution in [2.24, 2.45) is 0 Å². The summed E-state index contributed by atoms with van der Waals surface area (Å²) in [6.45, 7) is 4.07. The zero-order valence-corrected chi connectivity index (χ0v) is 9.40. The van der Waals surface area contributed by atoms with Crippen LogP contribution >= 0.6 is 0 Å². The Morgan fingerprint density at radius 3 is 2.50 bits per heavy atom. The molecule has 84 valence electrons. The average Bonchev–Trinajstić information content (AvgIpc) is 2.70. The Bertz CT molecular complexity index is 459. The molecular formula is C13H14FNO. The minimum absolute atomic E-state index is 0.216. The highest BCUT2D eigenvalue weighted by Gasteiger charge is 2.08. The van der Waals surface area contributed by atoms with Gasteiger partial charge >= 0.3 is 0 Å². The summed E-state index contributed by atoms with van der Waals surface area (Å²) in [5.41, 5.74) is 1.92. The Hall–Kier alpha value is -1.64. The molecule has 1 heterocycles. The van der Waals surface area contributed by atoms with Gasteiger partial charge in [-0.05, 0) is 17.7 Å². The second-order valence-electron chi connectivity index (χ2n) is 4.14. The zero-order chi connectivity index (χ0) is 11.5. The summed E-state index contributed by atoms with van der Waals surface area (Å²) in [4.78, 5) is 4.37. The maximum atomic E-state index is 12.7. The van der Waals surface area contributed by atoms with Crippen LogP contribution in [0.2, 0.25) is 0 Å². The molecule has 0 aliphatic heterocycles. The maximum absolute atomic E-state index is 12.7. The molecule has 0 saturated carbocycles. The van der Waals surface area contributed by atoms with Crippen molar-refractivity contribution >= 4 is 0 Å². The molecule has 0 atom stereocenters. The van der Waals surface area contributed by atoms with Crippen LogP contribution in [0, 0.1) is 5.82 Å². The summed E-state index contributed by atoms with van der Waals surface area (Å²) in [6.07, 6.45) is 2.34. The molecule has 0 radical (unpaired) electrons. The highest BCUT2D eigenvalue weighted by molar-refractivity contribution is 5.21. The molecule has 2 nitrogen and oxygen atoms in total. The molecule has 0 saturated heterocycles. The molecule has 0 unspecified atom stereocenters. The van der Waals surface area contributed by atoms with E-state index < -0.39 is 0 Å². The molecule has 0 spiro atoms. The summed E-state index contributed by atoms with van der Waals surface area (Å²) < 4.78 is 18.0. The number of rotatable bonds is 3. The number of oxazole rings is 1. The third-order valence-electron chi connectivity index (χ3n) is 2.36. The van der Waals surface area contributed by atoms with Crippen LogP contribution in [0.4, 0.5) is 4.39 Å². The van der Waals surface area contributed by atoms with Crippen molar-refractivity contribution < 1.29 is 8.81 Å². The SMILES string of the molecule is CC(C)c1nc(Cc2ccc(F)cc2)co1. The van der Waals surface area contributed by atoms with Gasteiger partial charge in [0.05, 0.1) is 5.69 Å². The van der Waals surface area contributed by atoms with Gasteiger partial charge in [0.25, 0.3) is 0 Å². The standard InChI is InChI=1S/C13H14FNO/c1-9(2)13-15-12(8-16-13)7-10-3-5-11(14)6-4-10/h3-6,8-9H,7H2,1-2H3. The lowest BCUT2D eigenvalue weighted by Crippen LogP contribution is -1.91. The van der Waals surface area contributed by atoms with Crippen LogP contribution in [-0.2, 0) is 6.42 Å². The van der Waals surface area contributed by atoms with Crippen LogP contribution in [0.25, 0.3) is 0 Å². The van der Waals surface area contributed by atoms with Crippen molar-refractivity contribution in [1.82, 2.24) is 4.98 Å². The van der Waals surface area contributed by atoms with E-state index in [4.69, 9.17) is 4.42 Å². The predicted molar refractivity (Wildman–Crippen MR) is 59.8 cm³/mol. The number of hydrogen-bond donors (Lipinski definition) is 0. The van der Waals surface area contributed by atoms with E-state index in [-0.39, 0.29) is 5.82 Å². The smallest absolute Gasteiger partial charge is 0.196 e. The first-order chi connectivity index (χ1) is 7.65. The molecule has 0 bridgehead atoms. The lowest BCUT2D eigenvalue weighted by atomic mass is 10.1. The van der Waals surface area contributed by atoms with E-state index in [2.05, 4.69) is 4.98 Å². The first kappa shape index (κ1) is 10.9. The average molecular weight is 219 g/mol. The van der Waals surface area contributed by atoms with Gasteiger partial charge in [-0.1, -0.05) is 26.0 Å². The Labute approximate surface area is 94.1 Å². The second kappa shape index (κ2) is 4.47. The number of benzene rings is 1. The van der Waals surface area contributed by atoms with Gasteiger partial charge in [0, 0.05) is 12.3 Å². The van der Waals surface area contributed by atoms with Crippen molar-refractivity contribution in [2.45, 2.75) is 26.2 Å². The first-order valence-corrected chi connectivity index (χ1v) is 5.34. The lowest BCUT2D eigenvalue weighted by Gasteiger charge is -1.97. The number of hydrogen-bond acceptors (Lipinski definition) is 2. The summed E-state index contributed by atoms with van der Waals surface area (Å²) in [6, 6.07) is 6.44. The minimum Gasteiger partial charge on any atom is -0.448 e. The Balaban J connectivity index is 2.11. The normalized spacial score (nSPS) is 11.0. The molecule has 1 aromatic carbocycles. The van der Waals surface area contributed by atoms with E-state index in [1.807, 2.05) is 13.8 Å². The molecule has 16 heavy (non-hydrogen) atoms. The van der Waals surface area contributed by atoms with Gasteiger partial charge in [-0.3, -0.25) is 0 Å². The van der Waals surface area contributed by atoms with Gasteiger partial charge in [0.1, 0.15) is 12.1 Å². The van der Waals surface area contributed by atoms with Crippen LogP contribution in [0.3, 0.4) is 0 Å². The molecule has 2 aromatic rings. The topological polar surface area (TPSA) is 26.0 Å². The summed E-state index contributed by atoms with van der Waals surface area (Å²) in [7, 11) is 0. The quantitative estimate of drug-likeness (QED) is 0.789. The number of nitrogens with zero attached hydrogens (tertiary/aromatic N) is 1. The third kappa shape index (κ3) is 2.48. The van der Waals surface area contributed by atoms with Crippen LogP contribution < -0.4 is 0 Å². The molecule has 3 heteroatoms. The fourth-order valence-corrected chi connectivity index (χ4v) is 1.48. The monoisotopic (exact) mass is 219 g/mol. The molecule has 0 fully saturated rings. The largest absolute Gasteiger partial charge is 0.448 e. The molecule has 0 N–H and O–H groups in total. The fraction of sp³-hybridized carbons (Fsp3) is 0.308. The van der Waals surface area contributed by atoms with Gasteiger partial charge in [0.15, 0.2) is 5.89 Å². The molecule has 0 aliphatic carbocycles. The zero-order valence-electron chi connectivity index (χ0n) is 9.40. The van der Waals surface area contributed by atoms with Gasteiger partial charge in [-0.25, -0.2) is 9.37 Å². The van der Waals surface area contributed by atoms with Gasteiger partial charge in [0.2, 0.25) is 0 Å². The summed E-state index contributed by atoms with van der Waals surface area (Å²) >= 11 is 0. The number of aromatic nitrogens is 1. The van der Waals surface area contributed by atoms with Crippen molar-refractivity contribution in [3.8, 4) is 0 Å². The highest BCUT2D eigenvalue weighted by Crippen LogP contribution is 2.15. The highest BCUT2D eigenvalue weighted by atomic mass is 19.1. The van der Waals surface area contributed by atoms with Crippen molar-refractivity contribution in [1.29, 1.82) is 0 Å².